The van der Waals surface area contributed by atoms with Crippen LogP contribution in [0.2, 0.25) is 0 Å². The first-order valence-corrected chi connectivity index (χ1v) is 5.17. The highest BCUT2D eigenvalue weighted by Crippen LogP contribution is 2.29. The van der Waals surface area contributed by atoms with Crippen LogP contribution in [0.3, 0.4) is 0 Å². The fourth-order valence-electron chi connectivity index (χ4n) is 1.87. The molecule has 0 unspecified atom stereocenters. The second kappa shape index (κ2) is 4.05. The van der Waals surface area contributed by atoms with Crippen molar-refractivity contribution < 1.29 is 13.9 Å². The van der Waals surface area contributed by atoms with E-state index in [0.29, 0.717) is 16.9 Å². The Morgan fingerprint density at radius 3 is 2.65 bits per heavy atom. The van der Waals surface area contributed by atoms with Crippen molar-refractivity contribution in [1.82, 2.24) is 0 Å². The lowest BCUT2D eigenvalue weighted by molar-refractivity contribution is 0.101. The molecule has 1 heterocycles. The standard InChI is InChI=1S/C13H12O4/c1-7-6-11(15)17-13-9(7)4-5-10(16-3)12(13)8(2)14/h4-6H,1-3H3. The monoisotopic (exact) mass is 232 g/mol. The van der Waals surface area contributed by atoms with Gasteiger partial charge in [-0.15, -0.1) is 0 Å². The molecule has 4 heteroatoms. The number of Topliss-reactive ketones (excluding diaryl/α,β-unsaturated/α-hetero) is 1. The molecule has 0 bridgehead atoms. The minimum absolute atomic E-state index is 0.193. The predicted molar refractivity (Wildman–Crippen MR) is 63.8 cm³/mol. The van der Waals surface area contributed by atoms with Crippen molar-refractivity contribution in [2.24, 2.45) is 0 Å². The van der Waals surface area contributed by atoms with Gasteiger partial charge in [-0.3, -0.25) is 4.79 Å². The summed E-state index contributed by atoms with van der Waals surface area (Å²) in [6, 6.07) is 4.88. The molecule has 1 aromatic carbocycles. The molecule has 2 aromatic rings. The van der Waals surface area contributed by atoms with Gasteiger partial charge in [-0.1, -0.05) is 0 Å². The van der Waals surface area contributed by atoms with E-state index in [9.17, 15) is 9.59 Å². The Morgan fingerprint density at radius 1 is 1.35 bits per heavy atom. The first-order chi connectivity index (χ1) is 8.04. The second-order valence-corrected chi connectivity index (χ2v) is 3.82. The van der Waals surface area contributed by atoms with E-state index in [4.69, 9.17) is 9.15 Å². The molecule has 0 amide bonds. The highest BCUT2D eigenvalue weighted by atomic mass is 16.5. The van der Waals surface area contributed by atoms with E-state index in [2.05, 4.69) is 0 Å². The Morgan fingerprint density at radius 2 is 2.06 bits per heavy atom. The Kier molecular flexibility index (Phi) is 2.71. The molecule has 17 heavy (non-hydrogen) atoms. The third kappa shape index (κ3) is 1.82. The molecular weight excluding hydrogens is 220 g/mol. The molecule has 0 aliphatic carbocycles. The minimum Gasteiger partial charge on any atom is -0.496 e. The molecule has 0 aliphatic rings. The molecule has 1 aromatic heterocycles. The minimum atomic E-state index is -0.467. The number of fused-ring (bicyclic) bond motifs is 1. The van der Waals surface area contributed by atoms with E-state index in [-0.39, 0.29) is 5.78 Å². The second-order valence-electron chi connectivity index (χ2n) is 3.82. The summed E-state index contributed by atoms with van der Waals surface area (Å²) in [5, 5.41) is 0.746. The summed E-state index contributed by atoms with van der Waals surface area (Å²) in [4.78, 5) is 23.0. The fraction of sp³-hybridized carbons (Fsp3) is 0.231. The predicted octanol–water partition coefficient (Wildman–Crippen LogP) is 2.31. The summed E-state index contributed by atoms with van der Waals surface area (Å²) in [7, 11) is 1.47. The molecule has 4 nitrogen and oxygen atoms in total. The quantitative estimate of drug-likeness (QED) is 0.589. The Labute approximate surface area is 97.8 Å². The topological polar surface area (TPSA) is 56.5 Å². The highest BCUT2D eigenvalue weighted by molar-refractivity contribution is 6.07. The summed E-state index contributed by atoms with van der Waals surface area (Å²) in [5.74, 6) is 0.222. The van der Waals surface area contributed by atoms with Crippen LogP contribution < -0.4 is 10.4 Å². The van der Waals surface area contributed by atoms with Crippen LogP contribution in [0, 0.1) is 6.92 Å². The zero-order chi connectivity index (χ0) is 12.6. The van der Waals surface area contributed by atoms with Crippen LogP contribution in [-0.4, -0.2) is 12.9 Å². The van der Waals surface area contributed by atoms with Crippen molar-refractivity contribution in [2.45, 2.75) is 13.8 Å². The van der Waals surface area contributed by atoms with Gasteiger partial charge in [-0.05, 0) is 31.5 Å². The summed E-state index contributed by atoms with van der Waals surface area (Å²) < 4.78 is 10.2. The van der Waals surface area contributed by atoms with E-state index in [1.165, 1.54) is 20.1 Å². The molecule has 0 radical (unpaired) electrons. The van der Waals surface area contributed by atoms with Gasteiger partial charge < -0.3 is 9.15 Å². The van der Waals surface area contributed by atoms with Crippen LogP contribution in [0.25, 0.3) is 11.0 Å². The molecule has 0 N–H and O–H groups in total. The van der Waals surface area contributed by atoms with Gasteiger partial charge >= 0.3 is 5.63 Å². The molecule has 0 aliphatic heterocycles. The number of benzene rings is 1. The Hall–Kier alpha value is -2.10. The third-order valence-electron chi connectivity index (χ3n) is 2.65. The molecule has 88 valence electrons. The molecule has 0 saturated heterocycles. The highest BCUT2D eigenvalue weighted by Gasteiger charge is 2.16. The summed E-state index contributed by atoms with van der Waals surface area (Å²) in [5.41, 5.74) is 0.916. The van der Waals surface area contributed by atoms with Gasteiger partial charge in [-0.2, -0.15) is 0 Å². The van der Waals surface area contributed by atoms with E-state index < -0.39 is 5.63 Å². The van der Waals surface area contributed by atoms with Crippen molar-refractivity contribution in [3.8, 4) is 5.75 Å². The molecular formula is C13H12O4. The molecule has 0 saturated carbocycles. The smallest absolute Gasteiger partial charge is 0.336 e. The summed E-state index contributed by atoms with van der Waals surface area (Å²) >= 11 is 0. The maximum atomic E-state index is 11.6. The average molecular weight is 232 g/mol. The van der Waals surface area contributed by atoms with Gasteiger partial charge in [0.05, 0.1) is 7.11 Å². The van der Waals surface area contributed by atoms with Gasteiger partial charge in [0.1, 0.15) is 11.3 Å². The zero-order valence-corrected chi connectivity index (χ0v) is 9.87. The number of methoxy groups -OCH3 is 1. The van der Waals surface area contributed by atoms with Crippen molar-refractivity contribution in [1.29, 1.82) is 0 Å². The SMILES string of the molecule is COc1ccc2c(C)cc(=O)oc2c1C(C)=O. The lowest BCUT2D eigenvalue weighted by Gasteiger charge is -2.09. The zero-order valence-electron chi connectivity index (χ0n) is 9.87. The number of ketones is 1. The first-order valence-electron chi connectivity index (χ1n) is 5.17. The largest absolute Gasteiger partial charge is 0.496 e. The Balaban J connectivity index is 2.99. The number of hydrogen-bond donors (Lipinski definition) is 0. The third-order valence-corrected chi connectivity index (χ3v) is 2.65. The molecule has 0 fully saturated rings. The van der Waals surface area contributed by atoms with Crippen molar-refractivity contribution in [3.63, 3.8) is 0 Å². The summed E-state index contributed by atoms with van der Waals surface area (Å²) in [6.07, 6.45) is 0. The average Bonchev–Trinajstić information content (AvgIpc) is 2.26. The maximum Gasteiger partial charge on any atom is 0.336 e. The van der Waals surface area contributed by atoms with Crippen molar-refractivity contribution in [2.75, 3.05) is 7.11 Å². The van der Waals surface area contributed by atoms with Crippen LogP contribution >= 0.6 is 0 Å². The molecule has 2 rings (SSSR count). The number of carbonyl (C=O) groups is 1. The first kappa shape index (κ1) is 11.4. The molecule has 0 spiro atoms. The number of rotatable bonds is 2. The van der Waals surface area contributed by atoms with E-state index in [0.717, 1.165) is 10.9 Å². The van der Waals surface area contributed by atoms with E-state index in [1.807, 2.05) is 0 Å². The van der Waals surface area contributed by atoms with Crippen LogP contribution in [0.15, 0.2) is 27.4 Å². The van der Waals surface area contributed by atoms with Crippen LogP contribution in [0.5, 0.6) is 5.75 Å². The van der Waals surface area contributed by atoms with Crippen LogP contribution in [0.1, 0.15) is 22.8 Å². The number of hydrogen-bond acceptors (Lipinski definition) is 4. The summed E-state index contributed by atoms with van der Waals surface area (Å²) in [6.45, 7) is 3.22. The lowest BCUT2D eigenvalue weighted by Crippen LogP contribution is -2.04. The Bertz CT molecular complexity index is 652. The molecule has 0 atom stereocenters. The number of aryl methyl sites for hydroxylation is 1. The fourth-order valence-corrected chi connectivity index (χ4v) is 1.87. The van der Waals surface area contributed by atoms with Crippen LogP contribution in [0.4, 0.5) is 0 Å². The van der Waals surface area contributed by atoms with Gasteiger partial charge in [-0.25, -0.2) is 4.79 Å². The van der Waals surface area contributed by atoms with E-state index >= 15 is 0 Å². The van der Waals surface area contributed by atoms with Crippen LogP contribution in [-0.2, 0) is 0 Å². The van der Waals surface area contributed by atoms with Gasteiger partial charge in [0.2, 0.25) is 0 Å². The normalized spacial score (nSPS) is 10.5. The van der Waals surface area contributed by atoms with Gasteiger partial charge in [0, 0.05) is 11.5 Å². The maximum absolute atomic E-state index is 11.6. The van der Waals surface area contributed by atoms with E-state index in [1.54, 1.807) is 19.1 Å². The number of ether oxygens (including phenoxy) is 1. The van der Waals surface area contributed by atoms with Gasteiger partial charge in [0.15, 0.2) is 11.4 Å². The van der Waals surface area contributed by atoms with Crippen molar-refractivity contribution >= 4 is 16.8 Å². The van der Waals surface area contributed by atoms with Gasteiger partial charge in [0.25, 0.3) is 0 Å². The van der Waals surface area contributed by atoms with Crippen molar-refractivity contribution in [3.05, 3.63) is 39.7 Å². The lowest BCUT2D eigenvalue weighted by atomic mass is 10.0. The number of carbonyl (C=O) groups excluding carboxylic acids is 1.